The van der Waals surface area contributed by atoms with Crippen LogP contribution in [0, 0.1) is 10.1 Å². The summed E-state index contributed by atoms with van der Waals surface area (Å²) < 4.78 is 5.74. The SMILES string of the molecule is CCCCCCCCCCCCOc1ccc(N=Cc2ccc([N+](=O)[O-])cc2)c(O)c1. The summed E-state index contributed by atoms with van der Waals surface area (Å²) in [5, 5.41) is 20.9. The number of aromatic hydroxyl groups is 1. The number of nitro groups is 1. The lowest BCUT2D eigenvalue weighted by atomic mass is 10.1. The molecule has 2 rings (SSSR count). The number of benzene rings is 2. The zero-order valence-corrected chi connectivity index (χ0v) is 18.5. The van der Waals surface area contributed by atoms with Gasteiger partial charge in [-0.05, 0) is 36.2 Å². The van der Waals surface area contributed by atoms with E-state index in [1.807, 2.05) is 0 Å². The molecule has 0 radical (unpaired) electrons. The van der Waals surface area contributed by atoms with E-state index < -0.39 is 4.92 Å². The Bertz CT molecular complexity index is 819. The van der Waals surface area contributed by atoms with E-state index in [4.69, 9.17) is 4.74 Å². The number of ether oxygens (including phenoxy) is 1. The van der Waals surface area contributed by atoms with Crippen LogP contribution in [0.2, 0.25) is 0 Å². The Morgan fingerprint density at radius 1 is 0.935 bits per heavy atom. The Hall–Kier alpha value is -2.89. The van der Waals surface area contributed by atoms with Crippen LogP contribution >= 0.6 is 0 Å². The molecule has 0 aliphatic rings. The molecule has 2 aromatic carbocycles. The molecule has 6 heteroatoms. The molecule has 0 aromatic heterocycles. The van der Waals surface area contributed by atoms with Crippen LogP contribution in [0.4, 0.5) is 11.4 Å². The molecule has 0 aliphatic heterocycles. The van der Waals surface area contributed by atoms with Gasteiger partial charge in [0.1, 0.15) is 17.2 Å². The molecule has 6 nitrogen and oxygen atoms in total. The Morgan fingerprint density at radius 3 is 2.13 bits per heavy atom. The van der Waals surface area contributed by atoms with Crippen molar-refractivity contribution in [2.45, 2.75) is 71.1 Å². The van der Waals surface area contributed by atoms with Crippen LogP contribution in [0.3, 0.4) is 0 Å². The molecule has 0 spiro atoms. The molecule has 0 fully saturated rings. The first kappa shape index (κ1) is 24.4. The van der Waals surface area contributed by atoms with Gasteiger partial charge in [0.05, 0.1) is 11.5 Å². The minimum atomic E-state index is -0.443. The summed E-state index contributed by atoms with van der Waals surface area (Å²) in [5.41, 5.74) is 1.17. The van der Waals surface area contributed by atoms with Crippen molar-refractivity contribution in [3.05, 3.63) is 58.1 Å². The predicted molar refractivity (Wildman–Crippen MR) is 126 cm³/mol. The molecule has 0 unspecified atom stereocenters. The third-order valence-corrected chi connectivity index (χ3v) is 5.17. The number of aliphatic imine (C=N–C) groups is 1. The summed E-state index contributed by atoms with van der Waals surface area (Å²) in [6.45, 7) is 2.89. The molecule has 168 valence electrons. The van der Waals surface area contributed by atoms with Crippen molar-refractivity contribution in [2.75, 3.05) is 6.61 Å². The van der Waals surface area contributed by atoms with Crippen LogP contribution in [-0.4, -0.2) is 22.9 Å². The zero-order chi connectivity index (χ0) is 22.3. The first-order valence-corrected chi connectivity index (χ1v) is 11.3. The van der Waals surface area contributed by atoms with Crippen LogP contribution in [0.1, 0.15) is 76.7 Å². The van der Waals surface area contributed by atoms with Crippen LogP contribution in [-0.2, 0) is 0 Å². The fourth-order valence-electron chi connectivity index (χ4n) is 3.31. The second kappa shape index (κ2) is 14.2. The number of phenolic OH excluding ortho intramolecular Hbond substituents is 1. The summed E-state index contributed by atoms with van der Waals surface area (Å²) in [6, 6.07) is 11.1. The average Bonchev–Trinajstić information content (AvgIpc) is 2.77. The highest BCUT2D eigenvalue weighted by Gasteiger charge is 2.04. The Kier molecular flexibility index (Phi) is 11.1. The highest BCUT2D eigenvalue weighted by atomic mass is 16.6. The van der Waals surface area contributed by atoms with E-state index in [1.165, 1.54) is 69.9 Å². The maximum absolute atomic E-state index is 10.7. The molecule has 31 heavy (non-hydrogen) atoms. The van der Waals surface area contributed by atoms with Gasteiger partial charge in [-0.15, -0.1) is 0 Å². The molecule has 0 bridgehead atoms. The number of nitro benzene ring substituents is 1. The van der Waals surface area contributed by atoms with Crippen molar-refractivity contribution in [1.29, 1.82) is 0 Å². The topological polar surface area (TPSA) is 85.0 Å². The molecular formula is C25H34N2O4. The quantitative estimate of drug-likeness (QED) is 0.140. The number of phenols is 1. The van der Waals surface area contributed by atoms with Crippen molar-refractivity contribution in [3.8, 4) is 11.5 Å². The Labute approximate surface area is 185 Å². The van der Waals surface area contributed by atoms with E-state index in [2.05, 4.69) is 11.9 Å². The van der Waals surface area contributed by atoms with Gasteiger partial charge in [-0.25, -0.2) is 0 Å². The van der Waals surface area contributed by atoms with E-state index in [9.17, 15) is 15.2 Å². The standard InChI is InChI=1S/C25H34N2O4/c1-2-3-4-5-6-7-8-9-10-11-18-31-23-16-17-24(25(28)19-23)26-20-21-12-14-22(15-13-21)27(29)30/h12-17,19-20,28H,2-11,18H2,1H3. The summed E-state index contributed by atoms with van der Waals surface area (Å²) >= 11 is 0. The number of non-ortho nitro benzene ring substituents is 1. The number of unbranched alkanes of at least 4 members (excludes halogenated alkanes) is 9. The number of rotatable bonds is 15. The van der Waals surface area contributed by atoms with Gasteiger partial charge in [-0.2, -0.15) is 0 Å². The third-order valence-electron chi connectivity index (χ3n) is 5.17. The average molecular weight is 427 g/mol. The minimum absolute atomic E-state index is 0.0314. The van der Waals surface area contributed by atoms with Crippen LogP contribution in [0.5, 0.6) is 11.5 Å². The maximum Gasteiger partial charge on any atom is 0.269 e. The molecule has 0 saturated carbocycles. The highest BCUT2D eigenvalue weighted by Crippen LogP contribution is 2.30. The Morgan fingerprint density at radius 2 is 1.55 bits per heavy atom. The molecule has 0 saturated heterocycles. The second-order valence-corrected chi connectivity index (χ2v) is 7.79. The van der Waals surface area contributed by atoms with Crippen LogP contribution in [0.15, 0.2) is 47.5 Å². The van der Waals surface area contributed by atoms with Gasteiger partial charge in [0.2, 0.25) is 0 Å². The van der Waals surface area contributed by atoms with Crippen molar-refractivity contribution >= 4 is 17.6 Å². The summed E-state index contributed by atoms with van der Waals surface area (Å²) in [5.74, 6) is 0.668. The fourth-order valence-corrected chi connectivity index (χ4v) is 3.31. The van der Waals surface area contributed by atoms with Gasteiger partial charge in [-0.3, -0.25) is 15.1 Å². The number of nitrogens with zero attached hydrogens (tertiary/aromatic N) is 2. The van der Waals surface area contributed by atoms with E-state index in [-0.39, 0.29) is 11.4 Å². The molecule has 0 aliphatic carbocycles. The smallest absolute Gasteiger partial charge is 0.269 e. The van der Waals surface area contributed by atoms with Crippen molar-refractivity contribution < 1.29 is 14.8 Å². The van der Waals surface area contributed by atoms with E-state index in [0.29, 0.717) is 23.6 Å². The molecule has 0 atom stereocenters. The molecule has 2 aromatic rings. The van der Waals surface area contributed by atoms with Crippen molar-refractivity contribution in [3.63, 3.8) is 0 Å². The van der Waals surface area contributed by atoms with Crippen molar-refractivity contribution in [1.82, 2.24) is 0 Å². The Balaban J connectivity index is 1.66. The molecule has 1 N–H and O–H groups in total. The molecule has 0 heterocycles. The third kappa shape index (κ3) is 9.64. The van der Waals surface area contributed by atoms with Gasteiger partial charge >= 0.3 is 0 Å². The zero-order valence-electron chi connectivity index (χ0n) is 18.5. The lowest BCUT2D eigenvalue weighted by Gasteiger charge is -2.08. The molecular weight excluding hydrogens is 392 g/mol. The van der Waals surface area contributed by atoms with Gasteiger partial charge in [-0.1, -0.05) is 64.7 Å². The summed E-state index contributed by atoms with van der Waals surface area (Å²) in [7, 11) is 0. The minimum Gasteiger partial charge on any atom is -0.506 e. The number of hydrogen-bond donors (Lipinski definition) is 1. The van der Waals surface area contributed by atoms with Gasteiger partial charge in [0.25, 0.3) is 5.69 Å². The fraction of sp³-hybridized carbons (Fsp3) is 0.480. The summed E-state index contributed by atoms with van der Waals surface area (Å²) in [6.07, 6.45) is 14.4. The maximum atomic E-state index is 10.7. The lowest BCUT2D eigenvalue weighted by Crippen LogP contribution is -1.97. The normalized spacial score (nSPS) is 11.1. The van der Waals surface area contributed by atoms with Crippen LogP contribution < -0.4 is 4.74 Å². The van der Waals surface area contributed by atoms with Gasteiger partial charge in [0.15, 0.2) is 0 Å². The lowest BCUT2D eigenvalue weighted by molar-refractivity contribution is -0.384. The molecule has 0 amide bonds. The predicted octanol–water partition coefficient (Wildman–Crippen LogP) is 7.35. The van der Waals surface area contributed by atoms with Gasteiger partial charge in [0, 0.05) is 24.4 Å². The van der Waals surface area contributed by atoms with E-state index >= 15 is 0 Å². The summed E-state index contributed by atoms with van der Waals surface area (Å²) in [4.78, 5) is 14.5. The first-order chi connectivity index (χ1) is 15.1. The largest absolute Gasteiger partial charge is 0.506 e. The van der Waals surface area contributed by atoms with Crippen LogP contribution in [0.25, 0.3) is 0 Å². The van der Waals surface area contributed by atoms with Gasteiger partial charge < -0.3 is 9.84 Å². The van der Waals surface area contributed by atoms with E-state index in [1.54, 1.807) is 36.5 Å². The number of hydrogen-bond acceptors (Lipinski definition) is 5. The monoisotopic (exact) mass is 426 g/mol. The second-order valence-electron chi connectivity index (χ2n) is 7.79. The first-order valence-electron chi connectivity index (χ1n) is 11.3. The highest BCUT2D eigenvalue weighted by molar-refractivity contribution is 5.83. The van der Waals surface area contributed by atoms with E-state index in [0.717, 1.165) is 6.42 Å². The van der Waals surface area contributed by atoms with Crippen molar-refractivity contribution in [2.24, 2.45) is 4.99 Å².